The van der Waals surface area contributed by atoms with Crippen molar-refractivity contribution < 1.29 is 19.4 Å². The van der Waals surface area contributed by atoms with Gasteiger partial charge in [0.15, 0.2) is 0 Å². The van der Waals surface area contributed by atoms with Crippen molar-refractivity contribution in [2.24, 2.45) is 0 Å². The van der Waals surface area contributed by atoms with E-state index in [0.717, 1.165) is 12.3 Å². The first kappa shape index (κ1) is 9.39. The molecule has 0 unspecified atom stereocenters. The van der Waals surface area contributed by atoms with Crippen LogP contribution in [0.5, 0.6) is 5.75 Å². The summed E-state index contributed by atoms with van der Waals surface area (Å²) in [5.74, 6) is -2.36. The van der Waals surface area contributed by atoms with Crippen molar-refractivity contribution in [3.63, 3.8) is 0 Å². The third-order valence-corrected chi connectivity index (χ3v) is 2.02. The molecule has 1 aromatic heterocycles. The number of nitrogens with zero attached hydrogens (tertiary/aromatic N) is 1. The molecule has 0 saturated heterocycles. The summed E-state index contributed by atoms with van der Waals surface area (Å²) in [6.07, 6.45) is 1.03. The number of pyridine rings is 1. The monoisotopic (exact) mass is 207 g/mol. The fourth-order valence-corrected chi connectivity index (χ4v) is 1.38. The zero-order valence-corrected chi connectivity index (χ0v) is 7.44. The minimum Gasteiger partial charge on any atom is -0.505 e. The Kier molecular flexibility index (Phi) is 2.00. The Bertz CT molecular complexity index is 548. The molecule has 4 nitrogen and oxygen atoms in total. The molecule has 0 radical (unpaired) electrons. The fourth-order valence-electron chi connectivity index (χ4n) is 1.38. The van der Waals surface area contributed by atoms with Gasteiger partial charge in [-0.3, -0.25) is 4.98 Å². The number of aromatic nitrogens is 1. The van der Waals surface area contributed by atoms with Gasteiger partial charge in [0.2, 0.25) is 0 Å². The number of benzene rings is 1. The van der Waals surface area contributed by atoms with E-state index in [9.17, 15) is 14.3 Å². The highest BCUT2D eigenvalue weighted by Crippen LogP contribution is 2.25. The smallest absolute Gasteiger partial charge is 0.340 e. The number of hydrogen-bond donors (Lipinski definition) is 2. The lowest BCUT2D eigenvalue weighted by Crippen LogP contribution is -1.99. The molecule has 0 atom stereocenters. The maximum Gasteiger partial charge on any atom is 0.340 e. The Hall–Kier alpha value is -2.17. The molecular formula is C10H6FNO3. The van der Waals surface area contributed by atoms with Crippen LogP contribution in [0.4, 0.5) is 4.39 Å². The van der Waals surface area contributed by atoms with Gasteiger partial charge in [-0.1, -0.05) is 0 Å². The first-order valence-corrected chi connectivity index (χ1v) is 4.10. The summed E-state index contributed by atoms with van der Waals surface area (Å²) in [5.41, 5.74) is -0.00824. The number of rotatable bonds is 1. The molecule has 2 rings (SSSR count). The van der Waals surface area contributed by atoms with E-state index in [1.807, 2.05) is 0 Å². The molecule has 0 spiro atoms. The van der Waals surface area contributed by atoms with E-state index < -0.39 is 17.5 Å². The molecule has 0 bridgehead atoms. The highest BCUT2D eigenvalue weighted by atomic mass is 19.1. The van der Waals surface area contributed by atoms with E-state index in [2.05, 4.69) is 4.98 Å². The molecule has 0 aliphatic heterocycles. The first-order chi connectivity index (χ1) is 7.09. The van der Waals surface area contributed by atoms with E-state index >= 15 is 0 Å². The van der Waals surface area contributed by atoms with Crippen molar-refractivity contribution in [3.8, 4) is 5.75 Å². The van der Waals surface area contributed by atoms with Crippen LogP contribution in [0.2, 0.25) is 0 Å². The molecule has 2 N–H and O–H groups in total. The van der Waals surface area contributed by atoms with Gasteiger partial charge in [0.25, 0.3) is 0 Å². The Labute approximate surface area is 83.6 Å². The number of carboxylic acid groups (broad SMARTS) is 1. The molecule has 0 saturated carbocycles. The molecule has 5 heteroatoms. The third-order valence-electron chi connectivity index (χ3n) is 2.02. The average molecular weight is 207 g/mol. The van der Waals surface area contributed by atoms with Crippen LogP contribution < -0.4 is 0 Å². The largest absolute Gasteiger partial charge is 0.505 e. The van der Waals surface area contributed by atoms with Crippen molar-refractivity contribution in [2.45, 2.75) is 0 Å². The van der Waals surface area contributed by atoms with E-state index in [1.165, 1.54) is 12.1 Å². The zero-order chi connectivity index (χ0) is 11.0. The van der Waals surface area contributed by atoms with Gasteiger partial charge >= 0.3 is 5.97 Å². The van der Waals surface area contributed by atoms with Crippen molar-refractivity contribution >= 4 is 16.9 Å². The van der Waals surface area contributed by atoms with Gasteiger partial charge < -0.3 is 10.2 Å². The quantitative estimate of drug-likeness (QED) is 0.747. The van der Waals surface area contributed by atoms with Crippen LogP contribution in [0.25, 0.3) is 10.9 Å². The number of carboxylic acids is 1. The Balaban J connectivity index is 2.90. The molecule has 2 aromatic rings. The van der Waals surface area contributed by atoms with Crippen molar-refractivity contribution in [3.05, 3.63) is 35.8 Å². The molecule has 76 valence electrons. The van der Waals surface area contributed by atoms with Gasteiger partial charge in [-0.25, -0.2) is 9.18 Å². The van der Waals surface area contributed by atoms with Crippen LogP contribution in [0.3, 0.4) is 0 Å². The maximum atomic E-state index is 12.9. The number of fused-ring (bicyclic) bond motifs is 1. The third kappa shape index (κ3) is 1.48. The second kappa shape index (κ2) is 3.20. The SMILES string of the molecule is O=C(O)c1c(O)cnc2ccc(F)cc12. The molecule has 1 aromatic carbocycles. The van der Waals surface area contributed by atoms with E-state index in [0.29, 0.717) is 5.52 Å². The molecule has 0 fully saturated rings. The lowest BCUT2D eigenvalue weighted by Gasteiger charge is -2.03. The molecule has 0 amide bonds. The highest BCUT2D eigenvalue weighted by Gasteiger charge is 2.15. The van der Waals surface area contributed by atoms with E-state index in [-0.39, 0.29) is 10.9 Å². The van der Waals surface area contributed by atoms with E-state index in [1.54, 1.807) is 0 Å². The van der Waals surface area contributed by atoms with Crippen molar-refractivity contribution in [1.29, 1.82) is 0 Å². The lowest BCUT2D eigenvalue weighted by atomic mass is 10.1. The Morgan fingerprint density at radius 1 is 1.40 bits per heavy atom. The molecule has 15 heavy (non-hydrogen) atoms. The topological polar surface area (TPSA) is 70.4 Å². The summed E-state index contributed by atoms with van der Waals surface area (Å²) in [7, 11) is 0. The summed E-state index contributed by atoms with van der Waals surface area (Å²) in [5, 5.41) is 18.2. The minimum absolute atomic E-state index is 0.0856. The normalized spacial score (nSPS) is 10.5. The number of halogens is 1. The summed E-state index contributed by atoms with van der Waals surface area (Å²) >= 11 is 0. The number of aromatic hydroxyl groups is 1. The predicted octanol–water partition coefficient (Wildman–Crippen LogP) is 1.78. The van der Waals surface area contributed by atoms with Crippen LogP contribution in [-0.2, 0) is 0 Å². The van der Waals surface area contributed by atoms with Crippen LogP contribution in [0.15, 0.2) is 24.4 Å². The average Bonchev–Trinajstić information content (AvgIpc) is 2.16. The Morgan fingerprint density at radius 2 is 2.13 bits per heavy atom. The highest BCUT2D eigenvalue weighted by molar-refractivity contribution is 6.04. The maximum absolute atomic E-state index is 12.9. The molecule has 0 aliphatic carbocycles. The van der Waals surface area contributed by atoms with Crippen LogP contribution in [0.1, 0.15) is 10.4 Å². The standard InChI is InChI=1S/C10H6FNO3/c11-5-1-2-7-6(3-5)9(10(14)15)8(13)4-12-7/h1-4,13H,(H,14,15). The Morgan fingerprint density at radius 3 is 2.80 bits per heavy atom. The van der Waals surface area contributed by atoms with Gasteiger partial charge in [-0.15, -0.1) is 0 Å². The van der Waals surface area contributed by atoms with Crippen LogP contribution in [0, 0.1) is 5.82 Å². The van der Waals surface area contributed by atoms with Crippen LogP contribution >= 0.6 is 0 Å². The summed E-state index contributed by atoms with van der Waals surface area (Å²) in [6, 6.07) is 3.57. The minimum atomic E-state index is -1.31. The molecule has 1 heterocycles. The van der Waals surface area contributed by atoms with Gasteiger partial charge in [0.1, 0.15) is 17.1 Å². The second-order valence-electron chi connectivity index (χ2n) is 2.99. The van der Waals surface area contributed by atoms with Gasteiger partial charge in [0, 0.05) is 5.39 Å². The van der Waals surface area contributed by atoms with Gasteiger partial charge in [-0.05, 0) is 18.2 Å². The van der Waals surface area contributed by atoms with Crippen LogP contribution in [-0.4, -0.2) is 21.2 Å². The van der Waals surface area contributed by atoms with Crippen molar-refractivity contribution in [1.82, 2.24) is 4.98 Å². The van der Waals surface area contributed by atoms with Gasteiger partial charge in [0.05, 0.1) is 11.7 Å². The number of hydrogen-bond acceptors (Lipinski definition) is 3. The lowest BCUT2D eigenvalue weighted by molar-refractivity contribution is 0.0696. The van der Waals surface area contributed by atoms with E-state index in [4.69, 9.17) is 5.11 Å². The fraction of sp³-hybridized carbons (Fsp3) is 0. The predicted molar refractivity (Wildman–Crippen MR) is 50.3 cm³/mol. The number of aromatic carboxylic acids is 1. The molecular weight excluding hydrogens is 201 g/mol. The zero-order valence-electron chi connectivity index (χ0n) is 7.44. The molecule has 0 aliphatic rings. The van der Waals surface area contributed by atoms with Gasteiger partial charge in [-0.2, -0.15) is 0 Å². The van der Waals surface area contributed by atoms with Crippen molar-refractivity contribution in [2.75, 3.05) is 0 Å². The first-order valence-electron chi connectivity index (χ1n) is 4.10. The summed E-state index contributed by atoms with van der Waals surface area (Å²) in [6.45, 7) is 0. The summed E-state index contributed by atoms with van der Waals surface area (Å²) < 4.78 is 12.9. The number of carbonyl (C=O) groups is 1. The second-order valence-corrected chi connectivity index (χ2v) is 2.99. The summed E-state index contributed by atoms with van der Waals surface area (Å²) in [4.78, 5) is 14.6.